The summed E-state index contributed by atoms with van der Waals surface area (Å²) in [6.07, 6.45) is 0. The number of hydrogen-bond donors (Lipinski definition) is 1. The van der Waals surface area contributed by atoms with E-state index in [-0.39, 0.29) is 16.1 Å². The molecular formula is C10H6Cl3N3. The van der Waals surface area contributed by atoms with Crippen molar-refractivity contribution in [3.05, 3.63) is 39.6 Å². The van der Waals surface area contributed by atoms with Gasteiger partial charge in [0.25, 0.3) is 0 Å². The molecule has 1 heterocycles. The topological polar surface area (TPSA) is 51.8 Å². The predicted molar refractivity (Wildman–Crippen MR) is 66.9 cm³/mol. The van der Waals surface area contributed by atoms with Gasteiger partial charge in [-0.1, -0.05) is 41.4 Å². The summed E-state index contributed by atoms with van der Waals surface area (Å²) in [5.41, 5.74) is 6.70. The van der Waals surface area contributed by atoms with Crippen LogP contribution in [0.5, 0.6) is 0 Å². The van der Waals surface area contributed by atoms with E-state index in [2.05, 4.69) is 9.97 Å². The summed E-state index contributed by atoms with van der Waals surface area (Å²) < 4.78 is 0. The molecule has 0 fully saturated rings. The van der Waals surface area contributed by atoms with Crippen LogP contribution < -0.4 is 5.73 Å². The minimum Gasteiger partial charge on any atom is -0.382 e. The lowest BCUT2D eigenvalue weighted by molar-refractivity contribution is 1.18. The predicted octanol–water partition coefficient (Wildman–Crippen LogP) is 3.69. The Morgan fingerprint density at radius 3 is 2.38 bits per heavy atom. The Morgan fingerprint density at radius 1 is 1.00 bits per heavy atom. The number of halogens is 3. The van der Waals surface area contributed by atoms with E-state index < -0.39 is 0 Å². The molecule has 2 aromatic rings. The van der Waals surface area contributed by atoms with Crippen LogP contribution in [0.3, 0.4) is 0 Å². The molecule has 2 N–H and O–H groups in total. The maximum absolute atomic E-state index is 6.03. The van der Waals surface area contributed by atoms with Gasteiger partial charge >= 0.3 is 0 Å². The molecule has 0 radical (unpaired) electrons. The van der Waals surface area contributed by atoms with Gasteiger partial charge in [-0.2, -0.15) is 4.98 Å². The number of aromatic nitrogens is 2. The fraction of sp³-hybridized carbons (Fsp3) is 0. The van der Waals surface area contributed by atoms with Gasteiger partial charge in [-0.05, 0) is 17.7 Å². The summed E-state index contributed by atoms with van der Waals surface area (Å²) in [6.45, 7) is 0. The first-order valence-electron chi connectivity index (χ1n) is 4.33. The van der Waals surface area contributed by atoms with Gasteiger partial charge in [0.1, 0.15) is 10.8 Å². The number of anilines is 1. The van der Waals surface area contributed by atoms with E-state index in [1.165, 1.54) is 0 Å². The molecule has 1 aromatic carbocycles. The second-order valence-corrected chi connectivity index (χ2v) is 4.14. The first-order chi connectivity index (χ1) is 7.59. The number of benzene rings is 1. The molecule has 0 bridgehead atoms. The van der Waals surface area contributed by atoms with Crippen molar-refractivity contribution in [2.45, 2.75) is 0 Å². The molecule has 0 amide bonds. The van der Waals surface area contributed by atoms with Gasteiger partial charge in [-0.15, -0.1) is 0 Å². The zero-order valence-corrected chi connectivity index (χ0v) is 10.2. The standard InChI is InChI=1S/C10H6Cl3N3/c11-6-4-2-1-3-5(6)8-7(12)9(14)16-10(13)15-8/h1-4H,(H2,14,15,16). The Bertz CT molecular complexity index is 543. The lowest BCUT2D eigenvalue weighted by atomic mass is 10.1. The van der Waals surface area contributed by atoms with Gasteiger partial charge < -0.3 is 5.73 Å². The van der Waals surface area contributed by atoms with Crippen LogP contribution in [0.2, 0.25) is 15.3 Å². The fourth-order valence-electron chi connectivity index (χ4n) is 1.27. The summed E-state index contributed by atoms with van der Waals surface area (Å²) in [6, 6.07) is 7.15. The number of nitrogen functional groups attached to an aromatic ring is 1. The van der Waals surface area contributed by atoms with Gasteiger partial charge in [0.15, 0.2) is 0 Å². The van der Waals surface area contributed by atoms with Crippen LogP contribution in [0.15, 0.2) is 24.3 Å². The summed E-state index contributed by atoms with van der Waals surface area (Å²) >= 11 is 17.8. The minimum absolute atomic E-state index is 0.0387. The van der Waals surface area contributed by atoms with Crippen molar-refractivity contribution in [2.75, 3.05) is 5.73 Å². The Labute approximate surface area is 107 Å². The highest BCUT2D eigenvalue weighted by Gasteiger charge is 2.13. The first kappa shape index (κ1) is 11.5. The van der Waals surface area contributed by atoms with Crippen LogP contribution in [0.4, 0.5) is 5.82 Å². The van der Waals surface area contributed by atoms with Crippen LogP contribution >= 0.6 is 34.8 Å². The average Bonchev–Trinajstić information content (AvgIpc) is 2.24. The molecule has 0 atom stereocenters. The van der Waals surface area contributed by atoms with Crippen molar-refractivity contribution in [2.24, 2.45) is 0 Å². The highest BCUT2D eigenvalue weighted by Crippen LogP contribution is 2.34. The molecule has 0 unspecified atom stereocenters. The maximum atomic E-state index is 6.03. The molecule has 16 heavy (non-hydrogen) atoms. The molecule has 2 rings (SSSR count). The Kier molecular flexibility index (Phi) is 3.19. The minimum atomic E-state index is 0.0387. The maximum Gasteiger partial charge on any atom is 0.224 e. The number of nitrogens with zero attached hydrogens (tertiary/aromatic N) is 2. The van der Waals surface area contributed by atoms with Crippen LogP contribution in [0.1, 0.15) is 0 Å². The number of hydrogen-bond acceptors (Lipinski definition) is 3. The quantitative estimate of drug-likeness (QED) is 0.807. The molecule has 0 aliphatic carbocycles. The normalized spacial score (nSPS) is 10.4. The second kappa shape index (κ2) is 4.45. The van der Waals surface area contributed by atoms with Crippen molar-refractivity contribution in [3.8, 4) is 11.3 Å². The molecule has 0 aliphatic rings. The molecule has 82 valence electrons. The van der Waals surface area contributed by atoms with Crippen molar-refractivity contribution in [3.63, 3.8) is 0 Å². The van der Waals surface area contributed by atoms with Gasteiger partial charge in [0.2, 0.25) is 5.28 Å². The highest BCUT2D eigenvalue weighted by molar-refractivity contribution is 6.38. The van der Waals surface area contributed by atoms with Gasteiger partial charge in [-0.25, -0.2) is 4.98 Å². The summed E-state index contributed by atoms with van der Waals surface area (Å²) in [5.74, 6) is 0.136. The van der Waals surface area contributed by atoms with Crippen LogP contribution in [0, 0.1) is 0 Å². The van der Waals surface area contributed by atoms with E-state index >= 15 is 0 Å². The van der Waals surface area contributed by atoms with Crippen LogP contribution in [-0.4, -0.2) is 9.97 Å². The Balaban J connectivity index is 2.69. The summed E-state index contributed by atoms with van der Waals surface area (Å²) in [5, 5.41) is 0.813. The Hall–Kier alpha value is -1.03. The Morgan fingerprint density at radius 2 is 1.69 bits per heavy atom. The molecular weight excluding hydrogens is 268 g/mol. The highest BCUT2D eigenvalue weighted by atomic mass is 35.5. The SMILES string of the molecule is Nc1nc(Cl)nc(-c2ccccc2Cl)c1Cl. The van der Waals surface area contributed by atoms with Gasteiger partial charge in [0, 0.05) is 5.56 Å². The molecule has 0 aliphatic heterocycles. The van der Waals surface area contributed by atoms with E-state index in [1.54, 1.807) is 12.1 Å². The summed E-state index contributed by atoms with van der Waals surface area (Å²) in [7, 11) is 0. The third-order valence-corrected chi connectivity index (χ3v) is 2.85. The lowest BCUT2D eigenvalue weighted by Crippen LogP contribution is -1.97. The average molecular weight is 275 g/mol. The lowest BCUT2D eigenvalue weighted by Gasteiger charge is -2.07. The molecule has 0 saturated carbocycles. The second-order valence-electron chi connectivity index (χ2n) is 3.02. The molecule has 0 spiro atoms. The fourth-order valence-corrected chi connectivity index (χ4v) is 1.85. The molecule has 0 saturated heterocycles. The smallest absolute Gasteiger partial charge is 0.224 e. The first-order valence-corrected chi connectivity index (χ1v) is 5.46. The van der Waals surface area contributed by atoms with E-state index in [0.29, 0.717) is 16.3 Å². The van der Waals surface area contributed by atoms with Gasteiger partial charge in [0.05, 0.1) is 10.7 Å². The third-order valence-electron chi connectivity index (χ3n) is 1.98. The van der Waals surface area contributed by atoms with Crippen molar-refractivity contribution in [1.29, 1.82) is 0 Å². The van der Waals surface area contributed by atoms with Crippen molar-refractivity contribution < 1.29 is 0 Å². The number of rotatable bonds is 1. The molecule has 6 heteroatoms. The summed E-state index contributed by atoms with van der Waals surface area (Å²) in [4.78, 5) is 7.77. The molecule has 3 nitrogen and oxygen atoms in total. The number of nitrogens with two attached hydrogens (primary N) is 1. The van der Waals surface area contributed by atoms with E-state index in [0.717, 1.165) is 0 Å². The monoisotopic (exact) mass is 273 g/mol. The zero-order valence-electron chi connectivity index (χ0n) is 7.92. The molecule has 1 aromatic heterocycles. The third kappa shape index (κ3) is 2.07. The van der Waals surface area contributed by atoms with Gasteiger partial charge in [-0.3, -0.25) is 0 Å². The largest absolute Gasteiger partial charge is 0.382 e. The van der Waals surface area contributed by atoms with E-state index in [4.69, 9.17) is 40.5 Å². The van der Waals surface area contributed by atoms with Crippen molar-refractivity contribution >= 4 is 40.6 Å². The van der Waals surface area contributed by atoms with E-state index in [9.17, 15) is 0 Å². The van der Waals surface area contributed by atoms with Crippen LogP contribution in [-0.2, 0) is 0 Å². The van der Waals surface area contributed by atoms with E-state index in [1.807, 2.05) is 12.1 Å². The van der Waals surface area contributed by atoms with Crippen LogP contribution in [0.25, 0.3) is 11.3 Å². The van der Waals surface area contributed by atoms with Crippen molar-refractivity contribution in [1.82, 2.24) is 9.97 Å². The zero-order chi connectivity index (χ0) is 11.7.